The van der Waals surface area contributed by atoms with Gasteiger partial charge in [0.15, 0.2) is 3.92 Å². The van der Waals surface area contributed by atoms with Gasteiger partial charge in [0.05, 0.1) is 15.2 Å². The molecule has 0 aliphatic carbocycles. The smallest absolute Gasteiger partial charge is 0.160 e. The van der Waals surface area contributed by atoms with Crippen LogP contribution in [0.5, 0.6) is 0 Å². The van der Waals surface area contributed by atoms with Gasteiger partial charge in [0.2, 0.25) is 0 Å². The Morgan fingerprint density at radius 1 is 1.50 bits per heavy atom. The molecule has 0 unspecified atom stereocenters. The maximum absolute atomic E-state index is 12.9. The van der Waals surface area contributed by atoms with Crippen molar-refractivity contribution in [1.29, 1.82) is 0 Å². The van der Waals surface area contributed by atoms with Crippen LogP contribution in [-0.4, -0.2) is 4.98 Å². The van der Waals surface area contributed by atoms with Gasteiger partial charge in [-0.15, -0.1) is 11.3 Å². The van der Waals surface area contributed by atoms with Gasteiger partial charge in [0.25, 0.3) is 0 Å². The molecule has 1 aromatic carbocycles. The van der Waals surface area contributed by atoms with E-state index in [1.54, 1.807) is 6.07 Å². The molecule has 0 fully saturated rings. The molecule has 0 aliphatic rings. The number of aromatic nitrogens is 1. The zero-order chi connectivity index (χ0) is 8.72. The molecule has 62 valence electrons. The predicted molar refractivity (Wildman–Crippen MR) is 52.3 cm³/mol. The van der Waals surface area contributed by atoms with E-state index in [1.165, 1.54) is 17.4 Å². The Morgan fingerprint density at radius 2 is 2.25 bits per heavy atom. The van der Waals surface area contributed by atoms with E-state index in [1.807, 2.05) is 0 Å². The molecule has 0 saturated heterocycles. The summed E-state index contributed by atoms with van der Waals surface area (Å²) in [5.74, 6) is -0.429. The minimum Gasteiger partial charge on any atom is -0.229 e. The molecule has 5 heteroatoms. The molecule has 0 bridgehead atoms. The number of hydrogen-bond acceptors (Lipinski definition) is 2. The third-order valence-electron chi connectivity index (χ3n) is 1.40. The Morgan fingerprint density at radius 3 is 3.00 bits per heavy atom. The third kappa shape index (κ3) is 1.34. The molecule has 1 nitrogen and oxygen atoms in total. The molecule has 12 heavy (non-hydrogen) atoms. The average Bonchev–Trinajstić information content (AvgIpc) is 2.30. The van der Waals surface area contributed by atoms with Gasteiger partial charge in [-0.25, -0.2) is 9.37 Å². The lowest BCUT2D eigenvalue weighted by molar-refractivity contribution is 0.630. The van der Waals surface area contributed by atoms with Gasteiger partial charge in [0.1, 0.15) is 5.82 Å². The highest BCUT2D eigenvalue weighted by molar-refractivity contribution is 9.11. The van der Waals surface area contributed by atoms with Crippen molar-refractivity contribution in [2.75, 3.05) is 0 Å². The fraction of sp³-hybridized carbons (Fsp3) is 0. The molecule has 0 spiro atoms. The molecule has 0 N–H and O–H groups in total. The number of benzene rings is 1. The zero-order valence-corrected chi connectivity index (χ0v) is 8.80. The topological polar surface area (TPSA) is 12.9 Å². The van der Waals surface area contributed by atoms with E-state index in [4.69, 9.17) is 11.6 Å². The predicted octanol–water partition coefficient (Wildman–Crippen LogP) is 3.85. The SMILES string of the molecule is Fc1cc2nc(Br)sc2cc1Cl. The average molecular weight is 267 g/mol. The standard InChI is InChI=1S/C7H2BrClFNS/c8-7-11-5-2-4(10)3(9)1-6(5)12-7/h1-2H. The number of halogens is 3. The van der Waals surface area contributed by atoms with Gasteiger partial charge in [-0.2, -0.15) is 0 Å². The van der Waals surface area contributed by atoms with Crippen molar-refractivity contribution in [2.24, 2.45) is 0 Å². The Bertz CT molecular complexity index is 403. The quantitative estimate of drug-likeness (QED) is 0.706. The lowest BCUT2D eigenvalue weighted by Gasteiger charge is -1.91. The van der Waals surface area contributed by atoms with E-state index < -0.39 is 5.82 Å². The summed E-state index contributed by atoms with van der Waals surface area (Å²) in [5, 5.41) is 0.138. The number of fused-ring (bicyclic) bond motifs is 1. The number of hydrogen-bond donors (Lipinski definition) is 0. The minimum atomic E-state index is -0.429. The fourth-order valence-electron chi connectivity index (χ4n) is 0.895. The number of rotatable bonds is 0. The van der Waals surface area contributed by atoms with Crippen molar-refractivity contribution >= 4 is 49.1 Å². The summed E-state index contributed by atoms with van der Waals surface area (Å²) in [4.78, 5) is 4.05. The van der Waals surface area contributed by atoms with Crippen LogP contribution in [0.1, 0.15) is 0 Å². The Labute approximate surface area is 85.3 Å². The fourth-order valence-corrected chi connectivity index (χ4v) is 2.55. The first-order chi connectivity index (χ1) is 5.66. The van der Waals surface area contributed by atoms with Gasteiger partial charge in [-0.05, 0) is 22.0 Å². The first kappa shape index (κ1) is 8.41. The molecule has 0 radical (unpaired) electrons. The van der Waals surface area contributed by atoms with Crippen LogP contribution < -0.4 is 0 Å². The molecule has 0 aliphatic heterocycles. The summed E-state index contributed by atoms with van der Waals surface area (Å²) >= 11 is 10.2. The van der Waals surface area contributed by atoms with E-state index in [0.717, 1.165) is 8.62 Å². The van der Waals surface area contributed by atoms with E-state index in [0.29, 0.717) is 5.52 Å². The highest BCUT2D eigenvalue weighted by atomic mass is 79.9. The summed E-state index contributed by atoms with van der Waals surface area (Å²) < 4.78 is 14.5. The van der Waals surface area contributed by atoms with E-state index in [-0.39, 0.29) is 5.02 Å². The summed E-state index contributed by atoms with van der Waals surface area (Å²) in [6.45, 7) is 0. The van der Waals surface area contributed by atoms with Crippen LogP contribution in [0.15, 0.2) is 16.0 Å². The van der Waals surface area contributed by atoms with Crippen molar-refractivity contribution in [1.82, 2.24) is 4.98 Å². The van der Waals surface area contributed by atoms with Crippen LogP contribution in [0.4, 0.5) is 4.39 Å². The Balaban J connectivity index is 2.83. The largest absolute Gasteiger partial charge is 0.229 e. The minimum absolute atomic E-state index is 0.138. The summed E-state index contributed by atoms with van der Waals surface area (Å²) in [5.41, 5.74) is 0.633. The van der Waals surface area contributed by atoms with Crippen LogP contribution in [0.3, 0.4) is 0 Å². The maximum Gasteiger partial charge on any atom is 0.160 e. The van der Waals surface area contributed by atoms with Crippen LogP contribution in [-0.2, 0) is 0 Å². The van der Waals surface area contributed by atoms with Crippen LogP contribution in [0.2, 0.25) is 5.02 Å². The van der Waals surface area contributed by atoms with Gasteiger partial charge in [-0.3, -0.25) is 0 Å². The second-order valence-electron chi connectivity index (χ2n) is 2.20. The van der Waals surface area contributed by atoms with Gasteiger partial charge >= 0.3 is 0 Å². The molecule has 1 aromatic heterocycles. The summed E-state index contributed by atoms with van der Waals surface area (Å²) in [6.07, 6.45) is 0. The first-order valence-electron chi connectivity index (χ1n) is 3.08. The van der Waals surface area contributed by atoms with Crippen molar-refractivity contribution in [3.05, 3.63) is 26.9 Å². The zero-order valence-electron chi connectivity index (χ0n) is 5.64. The van der Waals surface area contributed by atoms with Crippen molar-refractivity contribution in [3.63, 3.8) is 0 Å². The molecule has 2 rings (SSSR count). The van der Waals surface area contributed by atoms with Crippen molar-refractivity contribution in [3.8, 4) is 0 Å². The first-order valence-corrected chi connectivity index (χ1v) is 5.06. The molecule has 0 saturated carbocycles. The van der Waals surface area contributed by atoms with E-state index in [9.17, 15) is 4.39 Å². The molecule has 0 atom stereocenters. The summed E-state index contributed by atoms with van der Waals surface area (Å²) in [7, 11) is 0. The molecular formula is C7H2BrClFNS. The van der Waals surface area contributed by atoms with Gasteiger partial charge < -0.3 is 0 Å². The Kier molecular flexibility index (Phi) is 2.06. The highest BCUT2D eigenvalue weighted by Gasteiger charge is 2.06. The highest BCUT2D eigenvalue weighted by Crippen LogP contribution is 2.29. The molecule has 1 heterocycles. The van der Waals surface area contributed by atoms with Gasteiger partial charge in [0, 0.05) is 6.07 Å². The van der Waals surface area contributed by atoms with E-state index in [2.05, 4.69) is 20.9 Å². The second kappa shape index (κ2) is 2.94. The second-order valence-corrected chi connectivity index (χ2v) is 4.91. The van der Waals surface area contributed by atoms with Crippen molar-refractivity contribution < 1.29 is 4.39 Å². The Hall–Kier alpha value is -0.190. The normalized spacial score (nSPS) is 10.9. The van der Waals surface area contributed by atoms with Crippen LogP contribution >= 0.6 is 38.9 Å². The number of nitrogens with zero attached hydrogens (tertiary/aromatic N) is 1. The van der Waals surface area contributed by atoms with Gasteiger partial charge in [-0.1, -0.05) is 11.6 Å². The van der Waals surface area contributed by atoms with Crippen LogP contribution in [0.25, 0.3) is 10.2 Å². The van der Waals surface area contributed by atoms with E-state index >= 15 is 0 Å². The maximum atomic E-state index is 12.9. The monoisotopic (exact) mass is 265 g/mol. The molecule has 0 amide bonds. The molecule has 2 aromatic rings. The number of thiazole rings is 1. The van der Waals surface area contributed by atoms with Crippen LogP contribution in [0, 0.1) is 5.82 Å². The lowest BCUT2D eigenvalue weighted by Crippen LogP contribution is -1.75. The lowest BCUT2D eigenvalue weighted by atomic mass is 10.3. The van der Waals surface area contributed by atoms with Crippen molar-refractivity contribution in [2.45, 2.75) is 0 Å². The third-order valence-corrected chi connectivity index (χ3v) is 3.16. The summed E-state index contributed by atoms with van der Waals surface area (Å²) in [6, 6.07) is 2.91. The molecular weight excluding hydrogens is 265 g/mol.